The van der Waals surface area contributed by atoms with Crippen molar-refractivity contribution in [3.8, 4) is 0 Å². The molecule has 2 saturated heterocycles. The van der Waals surface area contributed by atoms with Crippen molar-refractivity contribution in [2.45, 2.75) is 52.1 Å². The van der Waals surface area contributed by atoms with Crippen LogP contribution in [0.15, 0.2) is 18.2 Å². The van der Waals surface area contributed by atoms with Crippen molar-refractivity contribution in [1.82, 2.24) is 15.1 Å². The van der Waals surface area contributed by atoms with E-state index < -0.39 is 0 Å². The SMILES string of the molecule is CC(=O)N1CCCC1C(=O)N1CCC(C(=O)NCc2ccc(C)c(F)c2)CC1. The third-order valence-corrected chi connectivity index (χ3v) is 5.82. The first-order valence-corrected chi connectivity index (χ1v) is 9.95. The molecule has 2 aliphatic rings. The number of rotatable bonds is 4. The summed E-state index contributed by atoms with van der Waals surface area (Å²) in [6, 6.07) is 4.61. The Labute approximate surface area is 165 Å². The van der Waals surface area contributed by atoms with Crippen LogP contribution in [-0.4, -0.2) is 53.2 Å². The Morgan fingerprint density at radius 3 is 2.50 bits per heavy atom. The highest BCUT2D eigenvalue weighted by molar-refractivity contribution is 5.88. The molecule has 0 spiro atoms. The minimum atomic E-state index is -0.348. The van der Waals surface area contributed by atoms with Gasteiger partial charge in [-0.1, -0.05) is 12.1 Å². The number of carbonyl (C=O) groups excluding carboxylic acids is 3. The molecule has 1 aromatic carbocycles. The third-order valence-electron chi connectivity index (χ3n) is 5.82. The first-order chi connectivity index (χ1) is 13.4. The van der Waals surface area contributed by atoms with E-state index in [1.54, 1.807) is 22.8 Å². The second kappa shape index (κ2) is 8.71. The summed E-state index contributed by atoms with van der Waals surface area (Å²) in [7, 11) is 0. The quantitative estimate of drug-likeness (QED) is 0.856. The van der Waals surface area contributed by atoms with Gasteiger partial charge in [0.1, 0.15) is 11.9 Å². The number of hydrogen-bond donors (Lipinski definition) is 1. The minimum Gasteiger partial charge on any atom is -0.352 e. The molecule has 28 heavy (non-hydrogen) atoms. The average molecular weight is 389 g/mol. The fraction of sp³-hybridized carbons (Fsp3) is 0.571. The number of aryl methyl sites for hydroxylation is 1. The van der Waals surface area contributed by atoms with Crippen molar-refractivity contribution in [2.24, 2.45) is 5.92 Å². The molecule has 3 amide bonds. The van der Waals surface area contributed by atoms with Crippen LogP contribution in [0.5, 0.6) is 0 Å². The highest BCUT2D eigenvalue weighted by Gasteiger charge is 2.37. The van der Waals surface area contributed by atoms with Crippen LogP contribution in [0.4, 0.5) is 4.39 Å². The van der Waals surface area contributed by atoms with E-state index in [4.69, 9.17) is 0 Å². The Hall–Kier alpha value is -2.44. The lowest BCUT2D eigenvalue weighted by Gasteiger charge is -2.34. The van der Waals surface area contributed by atoms with E-state index in [2.05, 4.69) is 5.32 Å². The van der Waals surface area contributed by atoms with Crippen LogP contribution in [0.3, 0.4) is 0 Å². The van der Waals surface area contributed by atoms with Crippen molar-refractivity contribution in [1.29, 1.82) is 0 Å². The summed E-state index contributed by atoms with van der Waals surface area (Å²) in [6.45, 7) is 5.20. The first kappa shape index (κ1) is 20.3. The van der Waals surface area contributed by atoms with E-state index in [0.29, 0.717) is 51.0 Å². The second-order valence-electron chi connectivity index (χ2n) is 7.77. The van der Waals surface area contributed by atoms with Gasteiger partial charge in [0.2, 0.25) is 17.7 Å². The molecule has 1 N–H and O–H groups in total. The molecule has 1 unspecified atom stereocenters. The van der Waals surface area contributed by atoms with Crippen LogP contribution in [0.25, 0.3) is 0 Å². The smallest absolute Gasteiger partial charge is 0.245 e. The van der Waals surface area contributed by atoms with E-state index in [-0.39, 0.29) is 35.5 Å². The van der Waals surface area contributed by atoms with E-state index in [1.165, 1.54) is 13.0 Å². The van der Waals surface area contributed by atoms with Gasteiger partial charge in [0.05, 0.1) is 0 Å². The van der Waals surface area contributed by atoms with Crippen molar-refractivity contribution in [3.63, 3.8) is 0 Å². The second-order valence-corrected chi connectivity index (χ2v) is 7.77. The topological polar surface area (TPSA) is 69.7 Å². The summed E-state index contributed by atoms with van der Waals surface area (Å²) in [5.41, 5.74) is 1.31. The van der Waals surface area contributed by atoms with Gasteiger partial charge in [0, 0.05) is 39.0 Å². The highest BCUT2D eigenvalue weighted by atomic mass is 19.1. The summed E-state index contributed by atoms with van der Waals surface area (Å²) in [4.78, 5) is 40.3. The number of hydrogen-bond acceptors (Lipinski definition) is 3. The molecule has 0 radical (unpaired) electrons. The molecule has 2 fully saturated rings. The summed E-state index contributed by atoms with van der Waals surface area (Å²) in [5.74, 6) is -0.532. The number of piperidine rings is 1. The number of likely N-dealkylation sites (tertiary alicyclic amines) is 2. The summed E-state index contributed by atoms with van der Waals surface area (Å²) in [6.07, 6.45) is 2.78. The van der Waals surface area contributed by atoms with Crippen LogP contribution in [-0.2, 0) is 20.9 Å². The van der Waals surface area contributed by atoms with Crippen LogP contribution < -0.4 is 5.32 Å². The summed E-state index contributed by atoms with van der Waals surface area (Å²) < 4.78 is 13.6. The highest BCUT2D eigenvalue weighted by Crippen LogP contribution is 2.23. The molecule has 1 atom stereocenters. The molecule has 3 rings (SSSR count). The Bertz CT molecular complexity index is 759. The monoisotopic (exact) mass is 389 g/mol. The molecular formula is C21H28FN3O3. The third kappa shape index (κ3) is 4.51. The van der Waals surface area contributed by atoms with Crippen LogP contribution in [0, 0.1) is 18.7 Å². The Morgan fingerprint density at radius 1 is 1.14 bits per heavy atom. The van der Waals surface area contributed by atoms with E-state index >= 15 is 0 Å². The van der Waals surface area contributed by atoms with Gasteiger partial charge >= 0.3 is 0 Å². The van der Waals surface area contributed by atoms with Gasteiger partial charge in [-0.3, -0.25) is 14.4 Å². The van der Waals surface area contributed by atoms with Crippen molar-refractivity contribution >= 4 is 17.7 Å². The zero-order valence-corrected chi connectivity index (χ0v) is 16.5. The zero-order valence-electron chi connectivity index (χ0n) is 16.5. The van der Waals surface area contributed by atoms with Gasteiger partial charge in [-0.05, 0) is 49.8 Å². The maximum absolute atomic E-state index is 13.6. The molecule has 0 aliphatic carbocycles. The largest absolute Gasteiger partial charge is 0.352 e. The molecule has 152 valence electrons. The minimum absolute atomic E-state index is 0.00156. The first-order valence-electron chi connectivity index (χ1n) is 9.95. The fourth-order valence-electron chi connectivity index (χ4n) is 4.05. The Morgan fingerprint density at radius 2 is 1.86 bits per heavy atom. The van der Waals surface area contributed by atoms with E-state index in [9.17, 15) is 18.8 Å². The molecule has 7 heteroatoms. The molecule has 6 nitrogen and oxygen atoms in total. The number of nitrogens with zero attached hydrogens (tertiary/aromatic N) is 2. The van der Waals surface area contributed by atoms with Gasteiger partial charge in [0.15, 0.2) is 0 Å². The number of amides is 3. The molecule has 0 bridgehead atoms. The molecule has 2 aliphatic heterocycles. The Balaban J connectivity index is 1.47. The summed E-state index contributed by atoms with van der Waals surface area (Å²) in [5, 5.41) is 2.87. The number of halogens is 1. The van der Waals surface area contributed by atoms with Gasteiger partial charge in [-0.15, -0.1) is 0 Å². The Kier molecular flexibility index (Phi) is 6.31. The maximum Gasteiger partial charge on any atom is 0.245 e. The standard InChI is InChI=1S/C21H28FN3O3/c1-14-5-6-16(12-18(14)22)13-23-20(27)17-7-10-24(11-8-17)21(28)19-4-3-9-25(19)15(2)26/h5-6,12,17,19H,3-4,7-11,13H2,1-2H3,(H,23,27). The normalized spacial score (nSPS) is 20.3. The fourth-order valence-corrected chi connectivity index (χ4v) is 4.05. The maximum atomic E-state index is 13.6. The lowest BCUT2D eigenvalue weighted by atomic mass is 9.95. The van der Waals surface area contributed by atoms with Crippen LogP contribution in [0.2, 0.25) is 0 Å². The van der Waals surface area contributed by atoms with Gasteiger partial charge < -0.3 is 15.1 Å². The number of benzene rings is 1. The molecule has 0 saturated carbocycles. The zero-order chi connectivity index (χ0) is 20.3. The van der Waals surface area contributed by atoms with Gasteiger partial charge in [-0.2, -0.15) is 0 Å². The van der Waals surface area contributed by atoms with Crippen molar-refractivity contribution in [3.05, 3.63) is 35.1 Å². The van der Waals surface area contributed by atoms with Crippen LogP contribution >= 0.6 is 0 Å². The predicted molar refractivity (Wildman–Crippen MR) is 103 cm³/mol. The van der Waals surface area contributed by atoms with Gasteiger partial charge in [-0.25, -0.2) is 4.39 Å². The van der Waals surface area contributed by atoms with Crippen molar-refractivity contribution in [2.75, 3.05) is 19.6 Å². The number of carbonyl (C=O) groups is 3. The van der Waals surface area contributed by atoms with Crippen molar-refractivity contribution < 1.29 is 18.8 Å². The van der Waals surface area contributed by atoms with E-state index in [1.807, 2.05) is 6.07 Å². The molecule has 2 heterocycles. The predicted octanol–water partition coefficient (Wildman–Crippen LogP) is 2.00. The molecular weight excluding hydrogens is 361 g/mol. The lowest BCUT2D eigenvalue weighted by molar-refractivity contribution is -0.144. The van der Waals surface area contributed by atoms with Gasteiger partial charge in [0.25, 0.3) is 0 Å². The number of nitrogens with one attached hydrogen (secondary N) is 1. The molecule has 0 aromatic heterocycles. The average Bonchev–Trinajstić information content (AvgIpc) is 3.18. The van der Waals surface area contributed by atoms with Crippen LogP contribution in [0.1, 0.15) is 43.7 Å². The van der Waals surface area contributed by atoms with E-state index in [0.717, 1.165) is 12.0 Å². The lowest BCUT2D eigenvalue weighted by Crippen LogP contribution is -2.50. The molecule has 1 aromatic rings. The summed E-state index contributed by atoms with van der Waals surface area (Å²) >= 11 is 0.